The van der Waals surface area contributed by atoms with E-state index in [9.17, 15) is 9.59 Å². The van der Waals surface area contributed by atoms with Crippen LogP contribution in [0.3, 0.4) is 0 Å². The van der Waals surface area contributed by atoms with Crippen molar-refractivity contribution < 1.29 is 24.3 Å². The van der Waals surface area contributed by atoms with E-state index in [1.54, 1.807) is 45.9 Å². The Morgan fingerprint density at radius 2 is 1.82 bits per heavy atom. The van der Waals surface area contributed by atoms with Crippen molar-refractivity contribution in [3.63, 3.8) is 0 Å². The fourth-order valence-corrected chi connectivity index (χ4v) is 4.18. The quantitative estimate of drug-likeness (QED) is 0.455. The van der Waals surface area contributed by atoms with Gasteiger partial charge in [0.1, 0.15) is 12.4 Å². The Bertz CT molecular complexity index is 1200. The molecule has 2 aliphatic heterocycles. The number of nitrogens with zero attached hydrogens (tertiary/aromatic N) is 4. The second kappa shape index (κ2) is 9.00. The number of hydroxylamine groups is 1. The van der Waals surface area contributed by atoms with Gasteiger partial charge in [-0.3, -0.25) is 20.0 Å². The highest BCUT2D eigenvalue weighted by Gasteiger charge is 2.33. The van der Waals surface area contributed by atoms with Crippen molar-refractivity contribution in [2.45, 2.75) is 12.6 Å². The van der Waals surface area contributed by atoms with Crippen molar-refractivity contribution in [3.8, 4) is 5.75 Å². The van der Waals surface area contributed by atoms with E-state index in [4.69, 9.17) is 14.7 Å². The third kappa shape index (κ3) is 4.18. The largest absolute Gasteiger partial charge is 0.491 e. The van der Waals surface area contributed by atoms with E-state index in [2.05, 4.69) is 9.97 Å². The van der Waals surface area contributed by atoms with Crippen LogP contribution < -0.4 is 10.2 Å². The van der Waals surface area contributed by atoms with Gasteiger partial charge in [0.15, 0.2) is 0 Å². The molecule has 5 rings (SSSR count). The van der Waals surface area contributed by atoms with Crippen LogP contribution in [0.1, 0.15) is 27.5 Å². The molecule has 0 saturated carbocycles. The SMILES string of the molecule is O=C(NO)c1ccc2c(c1)OC[C@H](c1ccc3nccnc3c1)N(C(=O)N1CCOCC1)C2. The highest BCUT2D eigenvalue weighted by molar-refractivity contribution is 5.93. The van der Waals surface area contributed by atoms with E-state index in [-0.39, 0.29) is 24.2 Å². The maximum Gasteiger partial charge on any atom is 0.321 e. The minimum absolute atomic E-state index is 0.101. The average Bonchev–Trinajstić information content (AvgIpc) is 3.07. The second-order valence-corrected chi connectivity index (χ2v) is 7.90. The highest BCUT2D eigenvalue weighted by atomic mass is 16.5. The molecule has 0 unspecified atom stereocenters. The van der Waals surface area contributed by atoms with Crippen LogP contribution in [0.4, 0.5) is 4.79 Å². The molecule has 33 heavy (non-hydrogen) atoms. The lowest BCUT2D eigenvalue weighted by Crippen LogP contribution is -2.49. The fourth-order valence-electron chi connectivity index (χ4n) is 4.18. The van der Waals surface area contributed by atoms with Crippen LogP contribution in [0.25, 0.3) is 11.0 Å². The van der Waals surface area contributed by atoms with Gasteiger partial charge in [0.2, 0.25) is 0 Å². The average molecular weight is 449 g/mol. The Morgan fingerprint density at radius 1 is 1.03 bits per heavy atom. The predicted octanol–water partition coefficient (Wildman–Crippen LogP) is 2.14. The van der Waals surface area contributed by atoms with Gasteiger partial charge in [-0.1, -0.05) is 12.1 Å². The summed E-state index contributed by atoms with van der Waals surface area (Å²) in [5.74, 6) is -0.129. The molecule has 0 bridgehead atoms. The van der Waals surface area contributed by atoms with E-state index in [1.807, 2.05) is 18.2 Å². The molecule has 3 aromatic rings. The molecule has 1 aromatic heterocycles. The normalized spacial score (nSPS) is 18.3. The van der Waals surface area contributed by atoms with Crippen molar-refractivity contribution in [1.29, 1.82) is 0 Å². The Labute approximate surface area is 189 Å². The number of urea groups is 1. The van der Waals surface area contributed by atoms with Crippen LogP contribution in [-0.2, 0) is 11.3 Å². The molecule has 1 fully saturated rings. The molecule has 2 aromatic carbocycles. The van der Waals surface area contributed by atoms with Crippen molar-refractivity contribution >= 4 is 23.0 Å². The number of hydrogen-bond donors (Lipinski definition) is 2. The molecular weight excluding hydrogens is 426 g/mol. The van der Waals surface area contributed by atoms with Crippen molar-refractivity contribution in [2.24, 2.45) is 0 Å². The topological polar surface area (TPSA) is 117 Å². The minimum atomic E-state index is -0.628. The molecule has 10 nitrogen and oxygen atoms in total. The van der Waals surface area contributed by atoms with Crippen LogP contribution in [-0.4, -0.2) is 69.8 Å². The molecule has 0 spiro atoms. The summed E-state index contributed by atoms with van der Waals surface area (Å²) in [6, 6.07) is 10.2. The minimum Gasteiger partial charge on any atom is -0.491 e. The van der Waals surface area contributed by atoms with Crippen LogP contribution in [0.5, 0.6) is 5.75 Å². The number of carbonyl (C=O) groups is 2. The predicted molar refractivity (Wildman–Crippen MR) is 117 cm³/mol. The first-order valence-corrected chi connectivity index (χ1v) is 10.7. The summed E-state index contributed by atoms with van der Waals surface area (Å²) in [7, 11) is 0. The second-order valence-electron chi connectivity index (χ2n) is 7.90. The van der Waals surface area contributed by atoms with Gasteiger partial charge < -0.3 is 19.3 Å². The van der Waals surface area contributed by atoms with Gasteiger partial charge >= 0.3 is 6.03 Å². The number of hydrogen-bond acceptors (Lipinski definition) is 7. The van der Waals surface area contributed by atoms with Gasteiger partial charge in [-0.05, 0) is 29.8 Å². The van der Waals surface area contributed by atoms with Crippen LogP contribution in [0, 0.1) is 0 Å². The third-order valence-electron chi connectivity index (χ3n) is 5.95. The summed E-state index contributed by atoms with van der Waals surface area (Å²) in [6.07, 6.45) is 3.28. The zero-order valence-electron chi connectivity index (χ0n) is 17.8. The molecule has 2 N–H and O–H groups in total. The van der Waals surface area contributed by atoms with Crippen LogP contribution in [0.15, 0.2) is 48.8 Å². The lowest BCUT2D eigenvalue weighted by molar-refractivity contribution is 0.0362. The molecule has 0 aliphatic carbocycles. The number of fused-ring (bicyclic) bond motifs is 2. The standard InChI is InChI=1S/C23H23N5O5/c29-22(26-31)16-1-2-17-13-28(23(30)27-7-9-32-10-8-27)20(14-33-21(17)12-16)15-3-4-18-19(11-15)25-6-5-24-18/h1-6,11-12,20,31H,7-10,13-14H2,(H,26,29)/t20-/m1/s1. The number of carbonyl (C=O) groups excluding carboxylic acids is 2. The number of ether oxygens (including phenoxy) is 2. The highest BCUT2D eigenvalue weighted by Crippen LogP contribution is 2.34. The van der Waals surface area contributed by atoms with Crippen molar-refractivity contribution in [1.82, 2.24) is 25.2 Å². The summed E-state index contributed by atoms with van der Waals surface area (Å²) >= 11 is 0. The first kappa shape index (κ1) is 21.1. The first-order valence-electron chi connectivity index (χ1n) is 10.7. The summed E-state index contributed by atoms with van der Waals surface area (Å²) in [6.45, 7) is 2.54. The molecule has 3 heterocycles. The van der Waals surface area contributed by atoms with E-state index in [0.717, 1.165) is 22.2 Å². The van der Waals surface area contributed by atoms with Crippen molar-refractivity contribution in [3.05, 3.63) is 65.5 Å². The molecule has 2 aliphatic rings. The van der Waals surface area contributed by atoms with E-state index in [0.29, 0.717) is 38.6 Å². The number of benzene rings is 2. The maximum atomic E-state index is 13.6. The van der Waals surface area contributed by atoms with E-state index in [1.165, 1.54) is 0 Å². The summed E-state index contributed by atoms with van der Waals surface area (Å²) in [5, 5.41) is 8.96. The number of morpholine rings is 1. The Kier molecular flexibility index (Phi) is 5.76. The smallest absolute Gasteiger partial charge is 0.321 e. The zero-order chi connectivity index (χ0) is 22.8. The molecule has 0 radical (unpaired) electrons. The third-order valence-corrected chi connectivity index (χ3v) is 5.95. The number of nitrogens with one attached hydrogen (secondary N) is 1. The Balaban J connectivity index is 1.53. The first-order chi connectivity index (χ1) is 16.1. The maximum absolute atomic E-state index is 13.6. The lowest BCUT2D eigenvalue weighted by atomic mass is 10.0. The summed E-state index contributed by atoms with van der Waals surface area (Å²) in [5.41, 5.74) is 5.06. The monoisotopic (exact) mass is 449 g/mol. The molecule has 3 amide bonds. The molecule has 1 atom stereocenters. The zero-order valence-corrected chi connectivity index (χ0v) is 17.8. The number of aromatic nitrogens is 2. The molecule has 170 valence electrons. The fraction of sp³-hybridized carbons (Fsp3) is 0.304. The molecular formula is C23H23N5O5. The summed E-state index contributed by atoms with van der Waals surface area (Å²) < 4.78 is 11.5. The summed E-state index contributed by atoms with van der Waals surface area (Å²) in [4.78, 5) is 37.8. The number of amides is 3. The van der Waals surface area contributed by atoms with Gasteiger partial charge in [0, 0.05) is 36.6 Å². The van der Waals surface area contributed by atoms with E-state index < -0.39 is 5.91 Å². The van der Waals surface area contributed by atoms with Crippen molar-refractivity contribution in [2.75, 3.05) is 32.9 Å². The lowest BCUT2D eigenvalue weighted by Gasteiger charge is -2.36. The molecule has 10 heteroatoms. The van der Waals surface area contributed by atoms with Gasteiger partial charge in [0.05, 0.1) is 36.8 Å². The van der Waals surface area contributed by atoms with Gasteiger partial charge in [-0.2, -0.15) is 0 Å². The Morgan fingerprint density at radius 3 is 2.61 bits per heavy atom. The Hall–Kier alpha value is -3.76. The van der Waals surface area contributed by atoms with Crippen LogP contribution >= 0.6 is 0 Å². The number of rotatable bonds is 2. The van der Waals surface area contributed by atoms with Gasteiger partial charge in [0.25, 0.3) is 5.91 Å². The van der Waals surface area contributed by atoms with E-state index >= 15 is 0 Å². The van der Waals surface area contributed by atoms with Crippen LogP contribution in [0.2, 0.25) is 0 Å². The van der Waals surface area contributed by atoms with Gasteiger partial charge in [-0.15, -0.1) is 0 Å². The molecule has 1 saturated heterocycles. The van der Waals surface area contributed by atoms with Gasteiger partial charge in [-0.25, -0.2) is 10.3 Å².